The van der Waals surface area contributed by atoms with Crippen LogP contribution in [-0.4, -0.2) is 34.8 Å². The average molecular weight is 385 g/mol. The first kappa shape index (κ1) is 21.3. The van der Waals surface area contributed by atoms with Gasteiger partial charge < -0.3 is 19.1 Å². The van der Waals surface area contributed by atoms with Gasteiger partial charge in [-0.25, -0.2) is 4.79 Å². The van der Waals surface area contributed by atoms with Gasteiger partial charge in [-0.1, -0.05) is 24.3 Å². The molecule has 0 bridgehead atoms. The molecule has 0 aliphatic carbocycles. The Morgan fingerprint density at radius 3 is 2.61 bits per heavy atom. The Bertz CT molecular complexity index is 987. The Labute approximate surface area is 164 Å². The number of carbonyl (C=O) groups is 2. The van der Waals surface area contributed by atoms with Crippen LogP contribution in [0.3, 0.4) is 0 Å². The maximum absolute atomic E-state index is 11.6. The highest BCUT2D eigenvalue weighted by atomic mass is 16.6. The van der Waals surface area contributed by atoms with E-state index in [-0.39, 0.29) is 6.42 Å². The van der Waals surface area contributed by atoms with Crippen molar-refractivity contribution in [2.24, 2.45) is 0 Å². The quantitative estimate of drug-likeness (QED) is 0.739. The van der Waals surface area contributed by atoms with Crippen molar-refractivity contribution in [3.8, 4) is 5.75 Å². The molecule has 0 aliphatic rings. The summed E-state index contributed by atoms with van der Waals surface area (Å²) in [5, 5.41) is 10.9. The Morgan fingerprint density at radius 2 is 2.00 bits per heavy atom. The predicted molar refractivity (Wildman–Crippen MR) is 108 cm³/mol. The van der Waals surface area contributed by atoms with Crippen LogP contribution in [0.5, 0.6) is 5.75 Å². The fourth-order valence-corrected chi connectivity index (χ4v) is 3.20. The van der Waals surface area contributed by atoms with E-state index in [1.54, 1.807) is 19.1 Å². The zero-order chi connectivity index (χ0) is 20.8. The molecule has 6 nitrogen and oxygen atoms in total. The van der Waals surface area contributed by atoms with Crippen molar-refractivity contribution >= 4 is 24.1 Å². The lowest BCUT2D eigenvalue weighted by Gasteiger charge is -2.14. The van der Waals surface area contributed by atoms with Crippen molar-refractivity contribution in [1.82, 2.24) is 4.57 Å². The van der Waals surface area contributed by atoms with Gasteiger partial charge in [0.05, 0.1) is 13.5 Å². The molecule has 1 unspecified atom stereocenters. The van der Waals surface area contributed by atoms with E-state index in [0.29, 0.717) is 12.3 Å². The number of hydrogen-bond acceptors (Lipinski definition) is 4. The normalized spacial score (nSPS) is 13.5. The minimum Gasteiger partial charge on any atom is -0.481 e. The van der Waals surface area contributed by atoms with Gasteiger partial charge in [-0.15, -0.1) is 0 Å². The molecule has 6 heteroatoms. The van der Waals surface area contributed by atoms with Gasteiger partial charge in [0, 0.05) is 17.6 Å². The van der Waals surface area contributed by atoms with Crippen LogP contribution in [0.25, 0.3) is 12.2 Å². The van der Waals surface area contributed by atoms with Crippen LogP contribution in [0.2, 0.25) is 0 Å². The average Bonchev–Trinajstić information content (AvgIpc) is 2.89. The van der Waals surface area contributed by atoms with Crippen LogP contribution in [0.1, 0.15) is 37.1 Å². The number of carboxylic acid groups (broad SMARTS) is 1. The van der Waals surface area contributed by atoms with E-state index >= 15 is 0 Å². The molecule has 1 N–H and O–H groups in total. The maximum Gasteiger partial charge on any atom is 0.346 e. The summed E-state index contributed by atoms with van der Waals surface area (Å²) in [6.07, 6.45) is 3.05. The molecule has 1 aromatic carbocycles. The van der Waals surface area contributed by atoms with Crippen molar-refractivity contribution in [2.75, 3.05) is 7.11 Å². The zero-order valence-electron chi connectivity index (χ0n) is 17.0. The number of rotatable bonds is 7. The number of esters is 1. The number of methoxy groups -OCH3 is 1. The summed E-state index contributed by atoms with van der Waals surface area (Å²) in [4.78, 5) is 22.5. The van der Waals surface area contributed by atoms with E-state index in [1.165, 1.54) is 7.11 Å². The SMILES string of the molecule is CC=c1c(=CCC(=O)O)c(C)c(C)n1Cc1cccc(OC(C)C(=O)OC)c1. The van der Waals surface area contributed by atoms with Crippen LogP contribution in [0.4, 0.5) is 0 Å². The summed E-state index contributed by atoms with van der Waals surface area (Å²) in [5.74, 6) is -0.684. The van der Waals surface area contributed by atoms with E-state index in [0.717, 1.165) is 27.4 Å². The number of carbonyl (C=O) groups excluding carboxylic acids is 1. The molecule has 0 spiro atoms. The smallest absolute Gasteiger partial charge is 0.346 e. The van der Waals surface area contributed by atoms with Crippen LogP contribution in [-0.2, 0) is 20.9 Å². The molecule has 0 fully saturated rings. The number of benzene rings is 1. The molecule has 2 rings (SSSR count). The van der Waals surface area contributed by atoms with Gasteiger partial charge in [-0.2, -0.15) is 0 Å². The molecule has 0 saturated heterocycles. The zero-order valence-corrected chi connectivity index (χ0v) is 17.0. The fourth-order valence-electron chi connectivity index (χ4n) is 3.20. The number of ether oxygens (including phenoxy) is 2. The first-order valence-electron chi connectivity index (χ1n) is 9.15. The van der Waals surface area contributed by atoms with Crippen molar-refractivity contribution in [3.05, 3.63) is 51.7 Å². The van der Waals surface area contributed by atoms with Crippen molar-refractivity contribution in [3.63, 3.8) is 0 Å². The number of hydrogen-bond donors (Lipinski definition) is 1. The number of carboxylic acids is 1. The van der Waals surface area contributed by atoms with E-state index in [1.807, 2.05) is 45.0 Å². The second-order valence-corrected chi connectivity index (χ2v) is 6.62. The molecule has 1 heterocycles. The minimum atomic E-state index is -0.851. The molecule has 2 aromatic rings. The number of nitrogens with zero attached hydrogens (tertiary/aromatic N) is 1. The van der Waals surface area contributed by atoms with Crippen molar-refractivity contribution in [2.45, 2.75) is 46.8 Å². The summed E-state index contributed by atoms with van der Waals surface area (Å²) in [7, 11) is 1.33. The molecule has 1 aromatic heterocycles. The lowest BCUT2D eigenvalue weighted by Crippen LogP contribution is -2.30. The van der Waals surface area contributed by atoms with Crippen molar-refractivity contribution < 1.29 is 24.2 Å². The molecular weight excluding hydrogens is 358 g/mol. The number of aliphatic carboxylic acids is 1. The van der Waals surface area contributed by atoms with Gasteiger partial charge in [0.2, 0.25) is 0 Å². The summed E-state index contributed by atoms with van der Waals surface area (Å²) in [6, 6.07) is 7.57. The largest absolute Gasteiger partial charge is 0.481 e. The van der Waals surface area contributed by atoms with E-state index in [4.69, 9.17) is 14.6 Å². The first-order valence-corrected chi connectivity index (χ1v) is 9.15. The minimum absolute atomic E-state index is 0.0140. The molecule has 1 atom stereocenters. The second-order valence-electron chi connectivity index (χ2n) is 6.62. The molecule has 28 heavy (non-hydrogen) atoms. The highest BCUT2D eigenvalue weighted by molar-refractivity contribution is 5.74. The van der Waals surface area contributed by atoms with E-state index in [2.05, 4.69) is 4.57 Å². The van der Waals surface area contributed by atoms with Gasteiger partial charge >= 0.3 is 11.9 Å². The lowest BCUT2D eigenvalue weighted by atomic mass is 10.2. The third-order valence-electron chi connectivity index (χ3n) is 4.76. The van der Waals surface area contributed by atoms with Gasteiger partial charge in [0.1, 0.15) is 5.75 Å². The Kier molecular flexibility index (Phi) is 7.04. The topological polar surface area (TPSA) is 77.8 Å². The second kappa shape index (κ2) is 9.26. The number of aromatic nitrogens is 1. The predicted octanol–water partition coefficient (Wildman–Crippen LogP) is 2.15. The van der Waals surface area contributed by atoms with Crippen LogP contribution < -0.4 is 15.3 Å². The highest BCUT2D eigenvalue weighted by Gasteiger charge is 2.15. The van der Waals surface area contributed by atoms with Crippen LogP contribution in [0.15, 0.2) is 24.3 Å². The Balaban J connectivity index is 2.38. The Morgan fingerprint density at radius 1 is 1.29 bits per heavy atom. The van der Waals surface area contributed by atoms with Gasteiger partial charge in [-0.05, 0) is 56.2 Å². The molecule has 150 valence electrons. The highest BCUT2D eigenvalue weighted by Crippen LogP contribution is 2.17. The van der Waals surface area contributed by atoms with Gasteiger partial charge in [-0.3, -0.25) is 4.79 Å². The summed E-state index contributed by atoms with van der Waals surface area (Å²) >= 11 is 0. The molecule has 0 aliphatic heterocycles. The molecule has 0 amide bonds. The van der Waals surface area contributed by atoms with Gasteiger partial charge in [0.15, 0.2) is 6.10 Å². The van der Waals surface area contributed by atoms with Gasteiger partial charge in [0.25, 0.3) is 0 Å². The Hall–Kier alpha value is -3.02. The third kappa shape index (κ3) is 4.82. The van der Waals surface area contributed by atoms with E-state index in [9.17, 15) is 9.59 Å². The summed E-state index contributed by atoms with van der Waals surface area (Å²) in [5.41, 5.74) is 3.17. The fraction of sp³-hybridized carbons (Fsp3) is 0.364. The van der Waals surface area contributed by atoms with E-state index < -0.39 is 18.0 Å². The molecule has 0 radical (unpaired) electrons. The van der Waals surface area contributed by atoms with Crippen molar-refractivity contribution in [1.29, 1.82) is 0 Å². The van der Waals surface area contributed by atoms with Crippen LogP contribution in [0, 0.1) is 13.8 Å². The summed E-state index contributed by atoms with van der Waals surface area (Å²) < 4.78 is 12.5. The summed E-state index contributed by atoms with van der Waals surface area (Å²) in [6.45, 7) is 8.23. The lowest BCUT2D eigenvalue weighted by molar-refractivity contribution is -0.148. The maximum atomic E-state index is 11.6. The standard InChI is InChI=1S/C22H27NO5/c1-6-20-19(10-11-21(24)25)14(2)15(3)23(20)13-17-8-7-9-18(12-17)28-16(4)22(26)27-5/h6-10,12,16H,11,13H2,1-5H3,(H,24,25). The molecule has 0 saturated carbocycles. The first-order chi connectivity index (χ1) is 13.3. The molecular formula is C22H27NO5. The third-order valence-corrected chi connectivity index (χ3v) is 4.76. The van der Waals surface area contributed by atoms with Crippen LogP contribution >= 0.6 is 0 Å². The monoisotopic (exact) mass is 385 g/mol.